The number of nitrogens with one attached hydrogen (secondary N) is 1. The minimum absolute atomic E-state index is 0.00256. The summed E-state index contributed by atoms with van der Waals surface area (Å²) in [6.07, 6.45) is -1.30. The van der Waals surface area contributed by atoms with Gasteiger partial charge in [-0.05, 0) is 53.0 Å². The molecular weight excluding hydrogens is 507 g/mol. The maximum absolute atomic E-state index is 14.3. The molecule has 12 heteroatoms. The largest absolute Gasteiger partial charge is 0.417 e. The number of fused-ring (bicyclic) bond motifs is 2. The number of hydrogen-bond donors (Lipinski definition) is 1. The number of amides is 2. The van der Waals surface area contributed by atoms with Crippen molar-refractivity contribution in [2.75, 3.05) is 25.0 Å². The molecule has 3 saturated heterocycles. The van der Waals surface area contributed by atoms with Gasteiger partial charge < -0.3 is 19.9 Å². The van der Waals surface area contributed by atoms with Crippen LogP contribution in [0.4, 0.5) is 19.0 Å². The summed E-state index contributed by atoms with van der Waals surface area (Å²) < 4.78 is 48.5. The summed E-state index contributed by atoms with van der Waals surface area (Å²) >= 11 is 0.821. The fraction of sp³-hybridized carbons (Fsp3) is 0.600. The van der Waals surface area contributed by atoms with E-state index < -0.39 is 23.2 Å². The number of aromatic nitrogens is 2. The van der Waals surface area contributed by atoms with Crippen molar-refractivity contribution in [3.63, 3.8) is 0 Å². The first-order chi connectivity index (χ1) is 17.3. The van der Waals surface area contributed by atoms with Crippen molar-refractivity contribution >= 4 is 29.0 Å². The van der Waals surface area contributed by atoms with Crippen molar-refractivity contribution in [1.82, 2.24) is 19.8 Å². The second kappa shape index (κ2) is 9.23. The molecule has 2 aromatic heterocycles. The molecule has 5 heterocycles. The highest BCUT2D eigenvalue weighted by Crippen LogP contribution is 2.43. The monoisotopic (exact) mass is 537 g/mol. The van der Waals surface area contributed by atoms with Gasteiger partial charge in [-0.3, -0.25) is 9.59 Å². The van der Waals surface area contributed by atoms with Crippen molar-refractivity contribution in [2.24, 2.45) is 0 Å². The number of rotatable bonds is 4. The first kappa shape index (κ1) is 25.9. The summed E-state index contributed by atoms with van der Waals surface area (Å²) in [6.45, 7) is 8.69. The van der Waals surface area contributed by atoms with Crippen molar-refractivity contribution in [1.29, 1.82) is 0 Å². The number of morpholine rings is 1. The number of hydrogen-bond acceptors (Lipinski definition) is 7. The first-order valence-electron chi connectivity index (χ1n) is 12.4. The summed E-state index contributed by atoms with van der Waals surface area (Å²) in [5.74, 6) is -0.784. The number of alkyl halides is 3. The predicted molar refractivity (Wildman–Crippen MR) is 133 cm³/mol. The summed E-state index contributed by atoms with van der Waals surface area (Å²) in [7, 11) is 0. The number of likely N-dealkylation sites (tertiary alicyclic amines) is 2. The normalized spacial score (nSPS) is 23.7. The van der Waals surface area contributed by atoms with Crippen molar-refractivity contribution in [3.8, 4) is 10.4 Å². The molecule has 3 fully saturated rings. The van der Waals surface area contributed by atoms with Gasteiger partial charge in [-0.1, -0.05) is 0 Å². The summed E-state index contributed by atoms with van der Waals surface area (Å²) in [5.41, 5.74) is -1.83. The Balaban J connectivity index is 1.60. The van der Waals surface area contributed by atoms with Crippen LogP contribution in [0.15, 0.2) is 12.3 Å². The van der Waals surface area contributed by atoms with Crippen LogP contribution in [0.2, 0.25) is 0 Å². The highest BCUT2D eigenvalue weighted by Gasteiger charge is 2.44. The molecule has 0 spiro atoms. The van der Waals surface area contributed by atoms with Crippen LogP contribution in [0.5, 0.6) is 0 Å². The van der Waals surface area contributed by atoms with Crippen LogP contribution in [-0.2, 0) is 10.9 Å². The number of halogens is 3. The van der Waals surface area contributed by atoms with Crippen LogP contribution in [0.1, 0.15) is 72.8 Å². The Labute approximate surface area is 217 Å². The van der Waals surface area contributed by atoms with E-state index in [2.05, 4.69) is 15.3 Å². The minimum atomic E-state index is -4.71. The zero-order valence-corrected chi connectivity index (χ0v) is 22.0. The summed E-state index contributed by atoms with van der Waals surface area (Å²) in [5, 5.41) is 2.97. The summed E-state index contributed by atoms with van der Waals surface area (Å²) in [6, 6.07) is 0.801. The van der Waals surface area contributed by atoms with Gasteiger partial charge in [-0.2, -0.15) is 13.2 Å². The molecule has 8 nitrogen and oxygen atoms in total. The smallest absolute Gasteiger partial charge is 0.374 e. The molecule has 2 aromatic rings. The molecule has 3 aliphatic heterocycles. The third-order valence-electron chi connectivity index (χ3n) is 6.94. The Bertz CT molecular complexity index is 1230. The average Bonchev–Trinajstić information content (AvgIpc) is 3.60. The van der Waals surface area contributed by atoms with Gasteiger partial charge >= 0.3 is 6.18 Å². The lowest BCUT2D eigenvalue weighted by Gasteiger charge is -2.25. The fourth-order valence-electron chi connectivity index (χ4n) is 5.20. The van der Waals surface area contributed by atoms with Crippen molar-refractivity contribution < 1.29 is 27.5 Å². The van der Waals surface area contributed by atoms with E-state index in [1.165, 1.54) is 0 Å². The second-order valence-corrected chi connectivity index (χ2v) is 12.0. The van der Waals surface area contributed by atoms with Crippen LogP contribution >= 0.6 is 11.3 Å². The lowest BCUT2D eigenvalue weighted by atomic mass is 10.1. The van der Waals surface area contributed by atoms with E-state index in [-0.39, 0.29) is 51.1 Å². The molecule has 0 radical (unpaired) electrons. The van der Waals surface area contributed by atoms with Gasteiger partial charge in [-0.25, -0.2) is 9.97 Å². The Kier molecular flexibility index (Phi) is 6.46. The van der Waals surface area contributed by atoms with Gasteiger partial charge in [-0.15, -0.1) is 11.3 Å². The van der Waals surface area contributed by atoms with E-state index in [1.807, 2.05) is 27.7 Å². The molecule has 2 amide bonds. The zero-order valence-electron chi connectivity index (χ0n) is 21.2. The van der Waals surface area contributed by atoms with E-state index in [4.69, 9.17) is 4.74 Å². The van der Waals surface area contributed by atoms with Crippen LogP contribution in [0, 0.1) is 0 Å². The predicted octanol–water partition coefficient (Wildman–Crippen LogP) is 4.67. The van der Waals surface area contributed by atoms with Crippen LogP contribution in [0.3, 0.4) is 0 Å². The average molecular weight is 538 g/mol. The molecule has 1 N–H and O–H groups in total. The maximum atomic E-state index is 14.3. The van der Waals surface area contributed by atoms with E-state index in [0.29, 0.717) is 19.7 Å². The van der Waals surface area contributed by atoms with Crippen LogP contribution < -0.4 is 5.32 Å². The lowest BCUT2D eigenvalue weighted by molar-refractivity contribution is -0.137. The van der Waals surface area contributed by atoms with Gasteiger partial charge in [0, 0.05) is 36.4 Å². The van der Waals surface area contributed by atoms with Gasteiger partial charge in [0.25, 0.3) is 11.8 Å². The molecular formula is C25H30F3N5O3S. The molecule has 0 saturated carbocycles. The molecule has 3 atom stereocenters. The minimum Gasteiger partial charge on any atom is -0.374 e. The number of thiazole rings is 1. The van der Waals surface area contributed by atoms with E-state index in [9.17, 15) is 22.8 Å². The molecule has 0 aromatic carbocycles. The molecule has 37 heavy (non-hydrogen) atoms. The van der Waals surface area contributed by atoms with Gasteiger partial charge in [0.2, 0.25) is 0 Å². The summed E-state index contributed by atoms with van der Waals surface area (Å²) in [4.78, 5) is 38.8. The SMILES string of the molecule is C[C@H]1CCCN1C(=O)c1nc(C(=O)N2C[C@@H]3C[C@H]2CO3)sc1-c1cnc(NC(C)(C)C)cc1C(F)(F)F. The number of carbonyl (C=O) groups is 2. The standard InChI is InChI=1S/C25H30F3N5O3S/c1-13-6-5-7-32(13)22(34)19-20(37-21(30-19)23(35)33-11-15-8-14(33)12-36-15)16-10-29-18(31-24(2,3)4)9-17(16)25(26,27)28/h9-10,13-15H,5-8,11-12H2,1-4H3,(H,29,31)/t13-,14-,15-/m0/s1. The number of anilines is 1. The molecule has 5 rings (SSSR count). The lowest BCUT2D eigenvalue weighted by Crippen LogP contribution is -2.41. The highest BCUT2D eigenvalue weighted by molar-refractivity contribution is 7.17. The van der Waals surface area contributed by atoms with E-state index in [0.717, 1.165) is 42.9 Å². The Morgan fingerprint density at radius 3 is 2.51 bits per heavy atom. The maximum Gasteiger partial charge on any atom is 0.417 e. The van der Waals surface area contributed by atoms with Crippen molar-refractivity contribution in [2.45, 2.75) is 76.9 Å². The van der Waals surface area contributed by atoms with Crippen molar-refractivity contribution in [3.05, 3.63) is 28.5 Å². The number of pyridine rings is 1. The van der Waals surface area contributed by atoms with Gasteiger partial charge in [0.15, 0.2) is 5.01 Å². The van der Waals surface area contributed by atoms with E-state index in [1.54, 1.807) is 9.80 Å². The Morgan fingerprint density at radius 1 is 1.19 bits per heavy atom. The number of carbonyl (C=O) groups excluding carboxylic acids is 2. The fourth-order valence-corrected chi connectivity index (χ4v) is 6.24. The number of ether oxygens (including phenoxy) is 1. The topological polar surface area (TPSA) is 87.7 Å². The quantitative estimate of drug-likeness (QED) is 0.610. The third-order valence-corrected chi connectivity index (χ3v) is 8.02. The first-order valence-corrected chi connectivity index (χ1v) is 13.2. The molecule has 200 valence electrons. The second-order valence-electron chi connectivity index (χ2n) is 11.0. The van der Waals surface area contributed by atoms with E-state index >= 15 is 0 Å². The van der Waals surface area contributed by atoms with Gasteiger partial charge in [0.1, 0.15) is 11.5 Å². The van der Waals surface area contributed by atoms with Crippen LogP contribution in [-0.4, -0.2) is 75.0 Å². The number of nitrogens with zero attached hydrogens (tertiary/aromatic N) is 4. The molecule has 0 aliphatic carbocycles. The Morgan fingerprint density at radius 2 is 1.95 bits per heavy atom. The molecule has 0 unspecified atom stereocenters. The molecule has 3 aliphatic rings. The third kappa shape index (κ3) is 5.05. The van der Waals surface area contributed by atoms with Crippen LogP contribution in [0.25, 0.3) is 10.4 Å². The molecule has 2 bridgehead atoms. The Hall–Kier alpha value is -2.73. The van der Waals surface area contributed by atoms with Gasteiger partial charge in [0.05, 0.1) is 29.2 Å². The zero-order chi connectivity index (χ0) is 26.7. The highest BCUT2D eigenvalue weighted by atomic mass is 32.1.